The first-order chi connectivity index (χ1) is 7.83. The zero-order valence-electron chi connectivity index (χ0n) is 10.5. The van der Waals surface area contributed by atoms with Crippen molar-refractivity contribution < 1.29 is 0 Å². The molecule has 3 nitrogen and oxygen atoms in total. The average molecular weight is 219 g/mol. The van der Waals surface area contributed by atoms with E-state index in [1.54, 1.807) is 0 Å². The van der Waals surface area contributed by atoms with Crippen LogP contribution in [0.3, 0.4) is 0 Å². The largest absolute Gasteiger partial charge is 0.356 e. The first-order valence-corrected chi connectivity index (χ1v) is 6.25. The van der Waals surface area contributed by atoms with E-state index >= 15 is 0 Å². The van der Waals surface area contributed by atoms with Gasteiger partial charge in [-0.3, -0.25) is 4.90 Å². The molecule has 0 bridgehead atoms. The molecule has 0 amide bonds. The van der Waals surface area contributed by atoms with Crippen molar-refractivity contribution >= 4 is 5.82 Å². The van der Waals surface area contributed by atoms with E-state index in [0.29, 0.717) is 0 Å². The molecule has 1 fully saturated rings. The van der Waals surface area contributed by atoms with E-state index < -0.39 is 0 Å². The molecule has 3 heteroatoms. The Labute approximate surface area is 98.1 Å². The highest BCUT2D eigenvalue weighted by Gasteiger charge is 2.20. The van der Waals surface area contributed by atoms with Gasteiger partial charge in [-0.2, -0.15) is 0 Å². The Morgan fingerprint density at radius 1 is 1.12 bits per heavy atom. The molecule has 16 heavy (non-hydrogen) atoms. The highest BCUT2D eigenvalue weighted by molar-refractivity contribution is 5.44. The van der Waals surface area contributed by atoms with Crippen LogP contribution in [0.2, 0.25) is 0 Å². The molecular weight excluding hydrogens is 198 g/mol. The molecule has 0 atom stereocenters. The third-order valence-corrected chi connectivity index (χ3v) is 3.09. The number of hydrogen-bond acceptors (Lipinski definition) is 3. The predicted octanol–water partition coefficient (Wildman–Crippen LogP) is 2.26. The maximum absolute atomic E-state index is 4.71. The zero-order valence-corrected chi connectivity index (χ0v) is 10.5. The SMILES string of the molecule is CC.CN1Cc2ccc(N3CCC3)nc2C1. The number of pyridine rings is 1. The average Bonchev–Trinajstić information content (AvgIpc) is 2.58. The van der Waals surface area contributed by atoms with E-state index in [0.717, 1.165) is 13.1 Å². The Morgan fingerprint density at radius 2 is 1.88 bits per heavy atom. The van der Waals surface area contributed by atoms with Crippen LogP contribution in [0.4, 0.5) is 5.82 Å². The summed E-state index contributed by atoms with van der Waals surface area (Å²) >= 11 is 0. The fraction of sp³-hybridized carbons (Fsp3) is 0.615. The lowest BCUT2D eigenvalue weighted by Crippen LogP contribution is -2.37. The second-order valence-electron chi connectivity index (χ2n) is 4.29. The van der Waals surface area contributed by atoms with Gasteiger partial charge >= 0.3 is 0 Å². The smallest absolute Gasteiger partial charge is 0.128 e. The highest BCUT2D eigenvalue weighted by atomic mass is 15.2. The van der Waals surface area contributed by atoms with Crippen LogP contribution in [-0.2, 0) is 13.1 Å². The maximum atomic E-state index is 4.71. The first-order valence-electron chi connectivity index (χ1n) is 6.25. The van der Waals surface area contributed by atoms with E-state index in [9.17, 15) is 0 Å². The van der Waals surface area contributed by atoms with Gasteiger partial charge in [-0.25, -0.2) is 4.98 Å². The van der Waals surface area contributed by atoms with Gasteiger partial charge in [0.05, 0.1) is 5.69 Å². The Hall–Kier alpha value is -1.09. The fourth-order valence-electron chi connectivity index (χ4n) is 2.12. The van der Waals surface area contributed by atoms with Crippen molar-refractivity contribution in [3.05, 3.63) is 23.4 Å². The fourth-order valence-corrected chi connectivity index (χ4v) is 2.12. The summed E-state index contributed by atoms with van der Waals surface area (Å²) in [6.45, 7) is 8.43. The molecule has 1 saturated heterocycles. The van der Waals surface area contributed by atoms with Crippen molar-refractivity contribution in [3.8, 4) is 0 Å². The molecule has 0 unspecified atom stereocenters. The van der Waals surface area contributed by atoms with E-state index in [4.69, 9.17) is 4.98 Å². The van der Waals surface area contributed by atoms with Crippen LogP contribution in [-0.4, -0.2) is 30.0 Å². The minimum atomic E-state index is 1.01. The molecule has 0 aliphatic carbocycles. The van der Waals surface area contributed by atoms with Crippen LogP contribution in [0.15, 0.2) is 12.1 Å². The summed E-state index contributed by atoms with van der Waals surface area (Å²) in [7, 11) is 2.14. The lowest BCUT2D eigenvalue weighted by Gasteiger charge is -2.32. The number of aromatic nitrogens is 1. The van der Waals surface area contributed by atoms with Gasteiger partial charge in [-0.1, -0.05) is 19.9 Å². The van der Waals surface area contributed by atoms with Gasteiger partial charge in [-0.05, 0) is 25.1 Å². The first kappa shape index (κ1) is 11.4. The Bertz CT molecular complexity index is 358. The summed E-state index contributed by atoms with van der Waals surface area (Å²) in [4.78, 5) is 9.36. The second-order valence-corrected chi connectivity index (χ2v) is 4.29. The van der Waals surface area contributed by atoms with Crippen molar-refractivity contribution in [1.82, 2.24) is 9.88 Å². The number of rotatable bonds is 1. The lowest BCUT2D eigenvalue weighted by molar-refractivity contribution is 0.351. The van der Waals surface area contributed by atoms with Gasteiger partial charge < -0.3 is 4.90 Å². The molecule has 0 saturated carbocycles. The number of fused-ring (bicyclic) bond motifs is 1. The molecule has 1 aromatic heterocycles. The summed E-state index contributed by atoms with van der Waals surface area (Å²) < 4.78 is 0. The summed E-state index contributed by atoms with van der Waals surface area (Å²) in [5.74, 6) is 1.17. The van der Waals surface area contributed by atoms with Gasteiger partial charge in [0.2, 0.25) is 0 Å². The molecule has 0 spiro atoms. The van der Waals surface area contributed by atoms with Crippen molar-refractivity contribution in [2.24, 2.45) is 0 Å². The molecule has 0 aromatic carbocycles. The van der Waals surface area contributed by atoms with Gasteiger partial charge in [0.25, 0.3) is 0 Å². The minimum Gasteiger partial charge on any atom is -0.356 e. The van der Waals surface area contributed by atoms with Crippen LogP contribution in [0, 0.1) is 0 Å². The van der Waals surface area contributed by atoms with E-state index in [1.165, 1.54) is 36.6 Å². The Morgan fingerprint density at radius 3 is 2.50 bits per heavy atom. The zero-order chi connectivity index (χ0) is 11.5. The summed E-state index contributed by atoms with van der Waals surface area (Å²) in [5, 5.41) is 0. The molecule has 0 radical (unpaired) electrons. The topological polar surface area (TPSA) is 19.4 Å². The quantitative estimate of drug-likeness (QED) is 0.722. The van der Waals surface area contributed by atoms with E-state index in [1.807, 2.05) is 13.8 Å². The Kier molecular flexibility index (Phi) is 3.44. The second kappa shape index (κ2) is 4.83. The number of nitrogens with zero attached hydrogens (tertiary/aromatic N) is 3. The Balaban J connectivity index is 0.000000457. The van der Waals surface area contributed by atoms with E-state index in [2.05, 4.69) is 29.0 Å². The summed E-state index contributed by atoms with van der Waals surface area (Å²) in [6.07, 6.45) is 1.32. The molecule has 3 heterocycles. The monoisotopic (exact) mass is 219 g/mol. The number of anilines is 1. The minimum absolute atomic E-state index is 1.01. The normalized spacial score (nSPS) is 18.6. The highest BCUT2D eigenvalue weighted by Crippen LogP contribution is 2.24. The third kappa shape index (κ3) is 2.05. The van der Waals surface area contributed by atoms with Crippen molar-refractivity contribution in [2.75, 3.05) is 25.0 Å². The van der Waals surface area contributed by atoms with Gasteiger partial charge in [0.15, 0.2) is 0 Å². The van der Waals surface area contributed by atoms with Crippen molar-refractivity contribution in [3.63, 3.8) is 0 Å². The van der Waals surface area contributed by atoms with Crippen LogP contribution in [0.1, 0.15) is 31.5 Å². The molecule has 0 N–H and O–H groups in total. The maximum Gasteiger partial charge on any atom is 0.128 e. The molecule has 3 rings (SSSR count). The van der Waals surface area contributed by atoms with Crippen molar-refractivity contribution in [1.29, 1.82) is 0 Å². The molecular formula is C13H21N3. The standard InChI is InChI=1S/C11H15N3.C2H6/c1-13-7-9-3-4-11(12-10(9)8-13)14-5-2-6-14;1-2/h3-4H,2,5-8H2,1H3;1-2H3. The predicted molar refractivity (Wildman–Crippen MR) is 67.6 cm³/mol. The van der Waals surface area contributed by atoms with Gasteiger partial charge in [0, 0.05) is 26.2 Å². The summed E-state index contributed by atoms with van der Waals surface area (Å²) in [5.41, 5.74) is 2.67. The van der Waals surface area contributed by atoms with Crippen LogP contribution in [0.25, 0.3) is 0 Å². The molecule has 2 aliphatic heterocycles. The van der Waals surface area contributed by atoms with Gasteiger partial charge in [-0.15, -0.1) is 0 Å². The van der Waals surface area contributed by atoms with Gasteiger partial charge in [0.1, 0.15) is 5.82 Å². The lowest BCUT2D eigenvalue weighted by atomic mass is 10.2. The summed E-state index contributed by atoms with van der Waals surface area (Å²) in [6, 6.07) is 4.40. The van der Waals surface area contributed by atoms with Crippen LogP contribution in [0.5, 0.6) is 0 Å². The third-order valence-electron chi connectivity index (χ3n) is 3.09. The molecule has 2 aliphatic rings. The number of hydrogen-bond donors (Lipinski definition) is 0. The van der Waals surface area contributed by atoms with Crippen LogP contribution < -0.4 is 4.90 Å². The van der Waals surface area contributed by atoms with E-state index in [-0.39, 0.29) is 0 Å². The van der Waals surface area contributed by atoms with Crippen molar-refractivity contribution in [2.45, 2.75) is 33.4 Å². The molecule has 1 aromatic rings. The molecule has 88 valence electrons. The van der Waals surface area contributed by atoms with Crippen LogP contribution >= 0.6 is 0 Å².